The smallest absolute Gasteiger partial charge is 0.0964 e. The SMILES string of the molecule is CC(C)NCc1cn(CCN2CC(C)C(C)C2)nn1. The normalized spacial score (nSPS) is 24.5. The van der Waals surface area contributed by atoms with Gasteiger partial charge in [0.15, 0.2) is 0 Å². The fourth-order valence-corrected chi connectivity index (χ4v) is 2.51. The second-order valence-corrected chi connectivity index (χ2v) is 6.22. The molecule has 1 fully saturated rings. The molecule has 1 aliphatic rings. The summed E-state index contributed by atoms with van der Waals surface area (Å²) in [4.78, 5) is 2.53. The van der Waals surface area contributed by atoms with Gasteiger partial charge in [-0.2, -0.15) is 0 Å². The quantitative estimate of drug-likeness (QED) is 0.844. The van der Waals surface area contributed by atoms with Crippen LogP contribution in [0.2, 0.25) is 0 Å². The number of hydrogen-bond acceptors (Lipinski definition) is 4. The number of hydrogen-bond donors (Lipinski definition) is 1. The van der Waals surface area contributed by atoms with Crippen LogP contribution in [0.1, 0.15) is 33.4 Å². The van der Waals surface area contributed by atoms with Crippen molar-refractivity contribution in [2.75, 3.05) is 19.6 Å². The van der Waals surface area contributed by atoms with Crippen LogP contribution in [-0.2, 0) is 13.1 Å². The van der Waals surface area contributed by atoms with Crippen LogP contribution in [0.25, 0.3) is 0 Å². The third-order valence-corrected chi connectivity index (χ3v) is 3.99. The Morgan fingerprint density at radius 2 is 1.95 bits per heavy atom. The van der Waals surface area contributed by atoms with Crippen molar-refractivity contribution in [1.29, 1.82) is 0 Å². The molecular weight excluding hydrogens is 238 g/mol. The molecular formula is C14H27N5. The van der Waals surface area contributed by atoms with Gasteiger partial charge >= 0.3 is 0 Å². The molecule has 1 aliphatic heterocycles. The molecule has 1 saturated heterocycles. The van der Waals surface area contributed by atoms with Crippen molar-refractivity contribution in [1.82, 2.24) is 25.2 Å². The zero-order valence-corrected chi connectivity index (χ0v) is 12.6. The van der Waals surface area contributed by atoms with Gasteiger partial charge in [0.2, 0.25) is 0 Å². The molecule has 19 heavy (non-hydrogen) atoms. The standard InChI is InChI=1S/C14H27N5/c1-11(2)15-7-14-10-19(17-16-14)6-5-18-8-12(3)13(4)9-18/h10-13,15H,5-9H2,1-4H3. The van der Waals surface area contributed by atoms with Crippen molar-refractivity contribution in [3.8, 4) is 0 Å². The summed E-state index contributed by atoms with van der Waals surface area (Å²) in [5.74, 6) is 1.64. The number of likely N-dealkylation sites (tertiary alicyclic amines) is 1. The summed E-state index contributed by atoms with van der Waals surface area (Å²) in [5, 5.41) is 11.7. The molecule has 0 aliphatic carbocycles. The third kappa shape index (κ3) is 4.28. The summed E-state index contributed by atoms with van der Waals surface area (Å²) in [5.41, 5.74) is 1.02. The van der Waals surface area contributed by atoms with Crippen LogP contribution in [0.3, 0.4) is 0 Å². The van der Waals surface area contributed by atoms with E-state index in [2.05, 4.69) is 54.4 Å². The minimum Gasteiger partial charge on any atom is -0.309 e. The summed E-state index contributed by atoms with van der Waals surface area (Å²) in [7, 11) is 0. The summed E-state index contributed by atoms with van der Waals surface area (Å²) < 4.78 is 1.96. The largest absolute Gasteiger partial charge is 0.309 e. The molecule has 0 radical (unpaired) electrons. The lowest BCUT2D eigenvalue weighted by Crippen LogP contribution is -2.25. The molecule has 108 valence electrons. The van der Waals surface area contributed by atoms with Crippen LogP contribution in [0.5, 0.6) is 0 Å². The first kappa shape index (κ1) is 14.5. The van der Waals surface area contributed by atoms with Gasteiger partial charge in [0.25, 0.3) is 0 Å². The van der Waals surface area contributed by atoms with Crippen molar-refractivity contribution < 1.29 is 0 Å². The highest BCUT2D eigenvalue weighted by Crippen LogP contribution is 2.21. The predicted octanol–water partition coefficient (Wildman–Crippen LogP) is 1.36. The first-order valence-electron chi connectivity index (χ1n) is 7.39. The van der Waals surface area contributed by atoms with Crippen LogP contribution in [0.15, 0.2) is 6.20 Å². The first-order valence-corrected chi connectivity index (χ1v) is 7.39. The van der Waals surface area contributed by atoms with E-state index >= 15 is 0 Å². The van der Waals surface area contributed by atoms with E-state index in [9.17, 15) is 0 Å². The highest BCUT2D eigenvalue weighted by atomic mass is 15.4. The van der Waals surface area contributed by atoms with Crippen LogP contribution in [0.4, 0.5) is 0 Å². The summed E-state index contributed by atoms with van der Waals surface area (Å²) in [6.07, 6.45) is 2.05. The van der Waals surface area contributed by atoms with Gasteiger partial charge < -0.3 is 10.2 Å². The summed E-state index contributed by atoms with van der Waals surface area (Å²) in [6, 6.07) is 0.484. The first-order chi connectivity index (χ1) is 9.04. The third-order valence-electron chi connectivity index (χ3n) is 3.99. The van der Waals surface area contributed by atoms with E-state index in [-0.39, 0.29) is 0 Å². The van der Waals surface area contributed by atoms with Crippen molar-refractivity contribution >= 4 is 0 Å². The van der Waals surface area contributed by atoms with Crippen molar-refractivity contribution in [2.45, 2.75) is 46.8 Å². The Kier molecular flexibility index (Phi) is 4.93. The maximum atomic E-state index is 4.20. The minimum absolute atomic E-state index is 0.484. The van der Waals surface area contributed by atoms with Gasteiger partial charge in [0.05, 0.1) is 12.2 Å². The second kappa shape index (κ2) is 6.48. The van der Waals surface area contributed by atoms with Gasteiger partial charge in [0.1, 0.15) is 0 Å². The van der Waals surface area contributed by atoms with Crippen LogP contribution < -0.4 is 5.32 Å². The van der Waals surface area contributed by atoms with Crippen molar-refractivity contribution in [2.24, 2.45) is 11.8 Å². The molecule has 2 rings (SSSR count). The average molecular weight is 265 g/mol. The lowest BCUT2D eigenvalue weighted by molar-refractivity contribution is 0.301. The number of rotatable bonds is 6. The molecule has 2 heterocycles. The topological polar surface area (TPSA) is 46.0 Å². The Hall–Kier alpha value is -0.940. The maximum absolute atomic E-state index is 4.20. The van der Waals surface area contributed by atoms with E-state index in [1.165, 1.54) is 13.1 Å². The van der Waals surface area contributed by atoms with E-state index in [1.54, 1.807) is 0 Å². The molecule has 5 nitrogen and oxygen atoms in total. The molecule has 2 unspecified atom stereocenters. The van der Waals surface area contributed by atoms with E-state index in [0.717, 1.165) is 37.2 Å². The van der Waals surface area contributed by atoms with Gasteiger partial charge in [-0.25, -0.2) is 0 Å². The average Bonchev–Trinajstić information content (AvgIpc) is 2.92. The molecule has 0 saturated carbocycles. The Morgan fingerprint density at radius 3 is 2.58 bits per heavy atom. The van der Waals surface area contributed by atoms with E-state index in [0.29, 0.717) is 6.04 Å². The zero-order valence-electron chi connectivity index (χ0n) is 12.6. The number of nitrogens with zero attached hydrogens (tertiary/aromatic N) is 4. The van der Waals surface area contributed by atoms with Crippen molar-refractivity contribution in [3.63, 3.8) is 0 Å². The van der Waals surface area contributed by atoms with Gasteiger partial charge in [0, 0.05) is 38.4 Å². The van der Waals surface area contributed by atoms with Gasteiger partial charge in [-0.3, -0.25) is 4.68 Å². The fraction of sp³-hybridized carbons (Fsp3) is 0.857. The molecule has 5 heteroatoms. The number of nitrogens with one attached hydrogen (secondary N) is 1. The minimum atomic E-state index is 0.484. The molecule has 0 spiro atoms. The molecule has 1 aromatic rings. The Bertz CT molecular complexity index is 377. The van der Waals surface area contributed by atoms with E-state index in [4.69, 9.17) is 0 Å². The van der Waals surface area contributed by atoms with Gasteiger partial charge in [-0.15, -0.1) is 5.10 Å². The molecule has 2 atom stereocenters. The lowest BCUT2D eigenvalue weighted by atomic mass is 10.0. The maximum Gasteiger partial charge on any atom is 0.0964 e. The van der Waals surface area contributed by atoms with Crippen LogP contribution >= 0.6 is 0 Å². The second-order valence-electron chi connectivity index (χ2n) is 6.22. The van der Waals surface area contributed by atoms with Crippen LogP contribution in [-0.4, -0.2) is 45.6 Å². The fourth-order valence-electron chi connectivity index (χ4n) is 2.51. The van der Waals surface area contributed by atoms with Crippen molar-refractivity contribution in [3.05, 3.63) is 11.9 Å². The summed E-state index contributed by atoms with van der Waals surface area (Å²) >= 11 is 0. The molecule has 1 N–H and O–H groups in total. The van der Waals surface area contributed by atoms with Gasteiger partial charge in [-0.05, 0) is 11.8 Å². The highest BCUT2D eigenvalue weighted by Gasteiger charge is 2.25. The monoisotopic (exact) mass is 265 g/mol. The zero-order chi connectivity index (χ0) is 13.8. The lowest BCUT2D eigenvalue weighted by Gasteiger charge is -2.14. The Morgan fingerprint density at radius 1 is 1.26 bits per heavy atom. The predicted molar refractivity (Wildman–Crippen MR) is 76.8 cm³/mol. The van der Waals surface area contributed by atoms with Gasteiger partial charge in [-0.1, -0.05) is 32.9 Å². The van der Waals surface area contributed by atoms with Crippen LogP contribution in [0, 0.1) is 11.8 Å². The molecule has 0 bridgehead atoms. The highest BCUT2D eigenvalue weighted by molar-refractivity contribution is 4.92. The van der Waals surface area contributed by atoms with E-state index < -0.39 is 0 Å². The molecule has 0 aromatic carbocycles. The molecule has 0 amide bonds. The number of aromatic nitrogens is 3. The Balaban J connectivity index is 1.74. The Labute approximate surface area is 116 Å². The van der Waals surface area contributed by atoms with E-state index in [1.807, 2.05) is 4.68 Å². The molecule has 1 aromatic heterocycles. The summed E-state index contributed by atoms with van der Waals surface area (Å²) in [6.45, 7) is 14.2.